The van der Waals surface area contributed by atoms with E-state index < -0.39 is 11.0 Å². The van der Waals surface area contributed by atoms with Crippen LogP contribution in [-0.2, 0) is 0 Å². The van der Waals surface area contributed by atoms with Gasteiger partial charge in [0.2, 0.25) is 5.09 Å². The van der Waals surface area contributed by atoms with Crippen LogP contribution in [0.5, 0.6) is 0 Å². The third kappa shape index (κ3) is 1.78. The van der Waals surface area contributed by atoms with E-state index in [-0.39, 0.29) is 0 Å². The van der Waals surface area contributed by atoms with Crippen LogP contribution in [0.4, 0.5) is 0 Å². The van der Waals surface area contributed by atoms with Crippen molar-refractivity contribution in [3.05, 3.63) is 11.0 Å². The van der Waals surface area contributed by atoms with E-state index in [1.807, 2.05) is 0 Å². The molecule has 36 valence electrons. The second kappa shape index (κ2) is 1.81. The summed E-state index contributed by atoms with van der Waals surface area (Å²) in [5.41, 5.74) is 0. The molecule has 4 heteroatoms. The zero-order valence-corrected chi connectivity index (χ0v) is 3.68. The van der Waals surface area contributed by atoms with Gasteiger partial charge in [-0.15, -0.1) is 0 Å². The minimum absolute atomic E-state index is 0.769. The lowest BCUT2D eigenvalue weighted by molar-refractivity contribution is 0.168. The second-order valence-electron chi connectivity index (χ2n) is 0.647. The minimum atomic E-state index is -1.15. The van der Waals surface area contributed by atoms with Gasteiger partial charge < -0.3 is 15.3 Å². The third-order valence-corrected chi connectivity index (χ3v) is 0.400. The molecule has 0 aromatic carbocycles. The summed E-state index contributed by atoms with van der Waals surface area (Å²) in [6, 6.07) is 0. The number of hydrogen-bond acceptors (Lipinski definition) is 4. The van der Waals surface area contributed by atoms with Crippen LogP contribution in [0.1, 0.15) is 0 Å². The lowest BCUT2D eigenvalue weighted by Crippen LogP contribution is -1.78. The predicted octanol–water partition coefficient (Wildman–Crippen LogP) is 0.717. The molecule has 0 heterocycles. The van der Waals surface area contributed by atoms with Gasteiger partial charge in [-0.1, -0.05) is 12.6 Å². The Morgan fingerprint density at radius 1 is 1.17 bits per heavy atom. The van der Waals surface area contributed by atoms with Gasteiger partial charge in [0.05, 0.1) is 0 Å². The first-order valence-electron chi connectivity index (χ1n) is 1.14. The molecule has 3 nitrogen and oxygen atoms in total. The lowest BCUT2D eigenvalue weighted by atomic mass is 11.0. The Bertz CT molecular complexity index is 58.9. The van der Waals surface area contributed by atoms with Gasteiger partial charge >= 0.3 is 5.95 Å². The molecular formula is C2H4O3S. The van der Waals surface area contributed by atoms with Crippen LogP contribution >= 0.6 is 12.6 Å². The van der Waals surface area contributed by atoms with E-state index in [2.05, 4.69) is 12.6 Å². The Morgan fingerprint density at radius 3 is 1.33 bits per heavy atom. The van der Waals surface area contributed by atoms with Crippen molar-refractivity contribution in [3.63, 3.8) is 0 Å². The predicted molar refractivity (Wildman–Crippen MR) is 23.9 cm³/mol. The number of aliphatic hydroxyl groups is 3. The van der Waals surface area contributed by atoms with Crippen LogP contribution in [0.25, 0.3) is 0 Å². The van der Waals surface area contributed by atoms with Gasteiger partial charge in [-0.3, -0.25) is 0 Å². The lowest BCUT2D eigenvalue weighted by Gasteiger charge is -1.83. The summed E-state index contributed by atoms with van der Waals surface area (Å²) in [6.07, 6.45) is 0. The highest BCUT2D eigenvalue weighted by Gasteiger charge is 1.88. The van der Waals surface area contributed by atoms with Crippen LogP contribution in [-0.4, -0.2) is 15.3 Å². The van der Waals surface area contributed by atoms with Crippen molar-refractivity contribution in [2.45, 2.75) is 0 Å². The average molecular weight is 108 g/mol. The van der Waals surface area contributed by atoms with E-state index in [1.165, 1.54) is 0 Å². The Labute approximate surface area is 40.0 Å². The van der Waals surface area contributed by atoms with Crippen molar-refractivity contribution in [2.75, 3.05) is 0 Å². The SMILES string of the molecule is OC(O)=C(O)S. The Balaban J connectivity index is 3.68. The third-order valence-electron chi connectivity index (χ3n) is 0.200. The molecule has 0 atom stereocenters. The summed E-state index contributed by atoms with van der Waals surface area (Å²) < 4.78 is 0. The number of thiol groups is 1. The first-order valence-corrected chi connectivity index (χ1v) is 1.59. The molecule has 0 spiro atoms. The van der Waals surface area contributed by atoms with Gasteiger partial charge in [0, 0.05) is 0 Å². The van der Waals surface area contributed by atoms with Crippen LogP contribution in [0.3, 0.4) is 0 Å². The fourth-order valence-corrected chi connectivity index (χ4v) is 0. The molecule has 0 aliphatic rings. The first-order chi connectivity index (χ1) is 2.64. The highest BCUT2D eigenvalue weighted by atomic mass is 32.1. The van der Waals surface area contributed by atoms with E-state index in [9.17, 15) is 0 Å². The van der Waals surface area contributed by atoms with Crippen molar-refractivity contribution < 1.29 is 15.3 Å². The van der Waals surface area contributed by atoms with E-state index in [1.54, 1.807) is 0 Å². The summed E-state index contributed by atoms with van der Waals surface area (Å²) in [7, 11) is 0. The summed E-state index contributed by atoms with van der Waals surface area (Å²) in [4.78, 5) is 0. The molecule has 0 aliphatic carbocycles. The summed E-state index contributed by atoms with van der Waals surface area (Å²) in [6.45, 7) is 0. The van der Waals surface area contributed by atoms with Gasteiger partial charge in [-0.25, -0.2) is 0 Å². The summed E-state index contributed by atoms with van der Waals surface area (Å²) >= 11 is 3.13. The van der Waals surface area contributed by atoms with Gasteiger partial charge in [-0.2, -0.15) is 0 Å². The Morgan fingerprint density at radius 2 is 1.33 bits per heavy atom. The first kappa shape index (κ1) is 5.49. The van der Waals surface area contributed by atoms with E-state index in [0.717, 1.165) is 0 Å². The largest absolute Gasteiger partial charge is 0.497 e. The highest BCUT2D eigenvalue weighted by molar-refractivity contribution is 7.84. The van der Waals surface area contributed by atoms with Gasteiger partial charge in [0.25, 0.3) is 0 Å². The van der Waals surface area contributed by atoms with Gasteiger partial charge in [-0.05, 0) is 0 Å². The zero-order valence-electron chi connectivity index (χ0n) is 2.79. The van der Waals surface area contributed by atoms with Crippen LogP contribution < -0.4 is 0 Å². The van der Waals surface area contributed by atoms with Crippen molar-refractivity contribution in [2.24, 2.45) is 0 Å². The number of rotatable bonds is 0. The topological polar surface area (TPSA) is 60.7 Å². The standard InChI is InChI=1S/C2H4O3S/c3-1(4)2(5)6/h3-6H. The molecule has 3 N–H and O–H groups in total. The Hall–Kier alpha value is -0.510. The van der Waals surface area contributed by atoms with Crippen LogP contribution in [0.2, 0.25) is 0 Å². The summed E-state index contributed by atoms with van der Waals surface area (Å²) in [5, 5.41) is 22.6. The fraction of sp³-hybridized carbons (Fsp3) is 0. The molecule has 0 fully saturated rings. The molecule has 0 radical (unpaired) electrons. The van der Waals surface area contributed by atoms with E-state index >= 15 is 0 Å². The van der Waals surface area contributed by atoms with Gasteiger partial charge in [0.15, 0.2) is 0 Å². The number of hydrogen-bond donors (Lipinski definition) is 4. The fourth-order valence-electron chi connectivity index (χ4n) is 0. The molecule has 6 heavy (non-hydrogen) atoms. The van der Waals surface area contributed by atoms with Crippen LogP contribution in [0, 0.1) is 0 Å². The zero-order chi connectivity index (χ0) is 5.15. The summed E-state index contributed by atoms with van der Waals surface area (Å²) in [5.74, 6) is -1.15. The molecular weight excluding hydrogens is 104 g/mol. The highest BCUT2D eigenvalue weighted by Crippen LogP contribution is 1.94. The van der Waals surface area contributed by atoms with Crippen molar-refractivity contribution in [1.82, 2.24) is 0 Å². The molecule has 0 saturated carbocycles. The van der Waals surface area contributed by atoms with Crippen molar-refractivity contribution in [3.8, 4) is 0 Å². The molecule has 0 aliphatic heterocycles. The van der Waals surface area contributed by atoms with Crippen molar-refractivity contribution in [1.29, 1.82) is 0 Å². The minimum Gasteiger partial charge on any atom is -0.497 e. The molecule has 0 saturated heterocycles. The quantitative estimate of drug-likeness (QED) is 0.273. The van der Waals surface area contributed by atoms with Crippen LogP contribution in [0.15, 0.2) is 11.0 Å². The van der Waals surface area contributed by atoms with Crippen molar-refractivity contribution >= 4 is 12.6 Å². The smallest absolute Gasteiger partial charge is 0.325 e. The maximum Gasteiger partial charge on any atom is 0.325 e. The molecule has 0 aromatic heterocycles. The molecule has 0 bridgehead atoms. The Kier molecular flexibility index (Phi) is 1.66. The molecule has 0 aromatic rings. The monoisotopic (exact) mass is 108 g/mol. The van der Waals surface area contributed by atoms with E-state index in [0.29, 0.717) is 0 Å². The molecule has 0 rings (SSSR count). The maximum atomic E-state index is 7.87. The van der Waals surface area contributed by atoms with E-state index in [4.69, 9.17) is 15.3 Å². The molecule has 0 unspecified atom stereocenters. The average Bonchev–Trinajstić information content (AvgIpc) is 1.36. The van der Waals surface area contributed by atoms with Gasteiger partial charge in [0.1, 0.15) is 0 Å². The second-order valence-corrected chi connectivity index (χ2v) is 1.07. The normalized spacial score (nSPS) is 7.50. The maximum absolute atomic E-state index is 7.87. The molecule has 0 amide bonds. The number of aliphatic hydroxyl groups excluding tert-OH is 2.